The lowest BCUT2D eigenvalue weighted by molar-refractivity contribution is 0.0692. The topological polar surface area (TPSA) is 91.7 Å². The van der Waals surface area contributed by atoms with Gasteiger partial charge in [-0.25, -0.2) is 14.2 Å². The zero-order valence-electron chi connectivity index (χ0n) is 9.02. The second kappa shape index (κ2) is 6.77. The Labute approximate surface area is 97.1 Å². The van der Waals surface area contributed by atoms with Crippen molar-refractivity contribution in [2.75, 3.05) is 31.7 Å². The highest BCUT2D eigenvalue weighted by atomic mass is 19.1. The lowest BCUT2D eigenvalue weighted by Gasteiger charge is -2.07. The molecule has 0 amide bonds. The van der Waals surface area contributed by atoms with Gasteiger partial charge in [-0.1, -0.05) is 0 Å². The summed E-state index contributed by atoms with van der Waals surface area (Å²) in [6, 6.07) is 1.09. The molecule has 94 valence electrons. The molecule has 0 fully saturated rings. The van der Waals surface area contributed by atoms with Gasteiger partial charge in [0.05, 0.1) is 19.8 Å². The lowest BCUT2D eigenvalue weighted by atomic mass is 10.2. The van der Waals surface area contributed by atoms with Gasteiger partial charge in [0.2, 0.25) is 0 Å². The van der Waals surface area contributed by atoms with Crippen LogP contribution in [0.15, 0.2) is 12.3 Å². The molecule has 0 spiro atoms. The molecule has 0 aromatic carbocycles. The third-order valence-electron chi connectivity index (χ3n) is 1.89. The van der Waals surface area contributed by atoms with E-state index in [0.29, 0.717) is 0 Å². The van der Waals surface area contributed by atoms with Crippen molar-refractivity contribution in [3.8, 4) is 0 Å². The molecule has 0 aliphatic carbocycles. The van der Waals surface area contributed by atoms with Crippen LogP contribution in [0, 0.1) is 5.82 Å². The average Bonchev–Trinajstić information content (AvgIpc) is 2.30. The molecule has 0 aliphatic heterocycles. The zero-order chi connectivity index (χ0) is 12.7. The Hall–Kier alpha value is -1.73. The minimum absolute atomic E-state index is 0.0822. The van der Waals surface area contributed by atoms with E-state index in [1.165, 1.54) is 6.20 Å². The van der Waals surface area contributed by atoms with Gasteiger partial charge in [0.15, 0.2) is 11.6 Å². The summed E-state index contributed by atoms with van der Waals surface area (Å²) in [4.78, 5) is 14.3. The van der Waals surface area contributed by atoms with Crippen LogP contribution in [-0.2, 0) is 4.74 Å². The molecule has 3 N–H and O–H groups in total. The molecule has 1 aromatic rings. The number of aromatic carboxylic acids is 1. The van der Waals surface area contributed by atoms with Crippen molar-refractivity contribution in [2.24, 2.45) is 0 Å². The van der Waals surface area contributed by atoms with Crippen LogP contribution in [0.1, 0.15) is 10.4 Å². The summed E-state index contributed by atoms with van der Waals surface area (Å²) in [5, 5.41) is 19.7. The summed E-state index contributed by atoms with van der Waals surface area (Å²) in [6.45, 7) is 0.653. The third kappa shape index (κ3) is 3.97. The maximum absolute atomic E-state index is 13.5. The van der Waals surface area contributed by atoms with E-state index < -0.39 is 17.3 Å². The van der Waals surface area contributed by atoms with Gasteiger partial charge in [0.1, 0.15) is 5.56 Å². The summed E-state index contributed by atoms with van der Waals surface area (Å²) in [5.74, 6) is -2.37. The van der Waals surface area contributed by atoms with Gasteiger partial charge in [-0.2, -0.15) is 0 Å². The van der Waals surface area contributed by atoms with Crippen molar-refractivity contribution < 1.29 is 24.1 Å². The minimum Gasteiger partial charge on any atom is -0.478 e. The molecule has 0 aliphatic rings. The number of nitrogens with zero attached hydrogens (tertiary/aromatic N) is 1. The number of aliphatic hydroxyl groups is 1. The molecule has 17 heavy (non-hydrogen) atoms. The van der Waals surface area contributed by atoms with Gasteiger partial charge in [0, 0.05) is 12.7 Å². The number of anilines is 1. The SMILES string of the molecule is O=C(O)c1ccnc(NCCOCCO)c1F. The van der Waals surface area contributed by atoms with Crippen LogP contribution < -0.4 is 5.32 Å². The van der Waals surface area contributed by atoms with E-state index in [4.69, 9.17) is 14.9 Å². The van der Waals surface area contributed by atoms with Crippen LogP contribution in [0.3, 0.4) is 0 Å². The molecule has 1 rings (SSSR count). The number of ether oxygens (including phenoxy) is 1. The van der Waals surface area contributed by atoms with Gasteiger partial charge in [-0.3, -0.25) is 0 Å². The van der Waals surface area contributed by atoms with E-state index >= 15 is 0 Å². The van der Waals surface area contributed by atoms with Crippen LogP contribution in [0.25, 0.3) is 0 Å². The fraction of sp³-hybridized carbons (Fsp3) is 0.400. The van der Waals surface area contributed by atoms with Crippen LogP contribution >= 0.6 is 0 Å². The molecule has 0 radical (unpaired) electrons. The fourth-order valence-electron chi connectivity index (χ4n) is 1.14. The Kier molecular flexibility index (Phi) is 5.31. The first kappa shape index (κ1) is 13.3. The van der Waals surface area contributed by atoms with Gasteiger partial charge >= 0.3 is 5.97 Å². The third-order valence-corrected chi connectivity index (χ3v) is 1.89. The zero-order valence-corrected chi connectivity index (χ0v) is 9.02. The molecule has 6 nitrogen and oxygen atoms in total. The Morgan fingerprint density at radius 2 is 2.29 bits per heavy atom. The first-order valence-corrected chi connectivity index (χ1v) is 4.97. The Balaban J connectivity index is 2.54. The van der Waals surface area contributed by atoms with Crippen LogP contribution in [0.4, 0.5) is 10.2 Å². The van der Waals surface area contributed by atoms with E-state index in [0.717, 1.165) is 6.07 Å². The van der Waals surface area contributed by atoms with Crippen molar-refractivity contribution in [1.82, 2.24) is 4.98 Å². The van der Waals surface area contributed by atoms with Crippen LogP contribution in [0.5, 0.6) is 0 Å². The first-order valence-electron chi connectivity index (χ1n) is 4.97. The van der Waals surface area contributed by atoms with E-state index in [9.17, 15) is 9.18 Å². The number of carboxylic acid groups (broad SMARTS) is 1. The van der Waals surface area contributed by atoms with Crippen LogP contribution in [0.2, 0.25) is 0 Å². The Morgan fingerprint density at radius 1 is 1.53 bits per heavy atom. The molecule has 0 saturated carbocycles. The molecular formula is C10H13FN2O4. The molecule has 0 saturated heterocycles. The average molecular weight is 244 g/mol. The van der Waals surface area contributed by atoms with E-state index in [1.807, 2.05) is 0 Å². The normalized spacial score (nSPS) is 10.2. The minimum atomic E-state index is -1.34. The molecule has 0 unspecified atom stereocenters. The predicted octanol–water partition coefficient (Wildman–Crippen LogP) is 0.340. The quantitative estimate of drug-likeness (QED) is 0.599. The van der Waals surface area contributed by atoms with E-state index in [-0.39, 0.29) is 32.2 Å². The van der Waals surface area contributed by atoms with Crippen LogP contribution in [-0.4, -0.2) is 47.5 Å². The number of nitrogens with one attached hydrogen (secondary N) is 1. The lowest BCUT2D eigenvalue weighted by Crippen LogP contribution is -2.14. The smallest absolute Gasteiger partial charge is 0.338 e. The summed E-state index contributed by atoms with van der Waals surface area (Å²) >= 11 is 0. The molecule has 1 aromatic heterocycles. The van der Waals surface area contributed by atoms with Crippen molar-refractivity contribution in [3.05, 3.63) is 23.6 Å². The fourth-order valence-corrected chi connectivity index (χ4v) is 1.14. The van der Waals surface area contributed by atoms with Crippen molar-refractivity contribution in [1.29, 1.82) is 0 Å². The van der Waals surface area contributed by atoms with Gasteiger partial charge in [-0.05, 0) is 6.07 Å². The van der Waals surface area contributed by atoms with Gasteiger partial charge in [-0.15, -0.1) is 0 Å². The van der Waals surface area contributed by atoms with E-state index in [2.05, 4.69) is 10.3 Å². The number of hydrogen-bond donors (Lipinski definition) is 3. The Morgan fingerprint density at radius 3 is 2.94 bits per heavy atom. The summed E-state index contributed by atoms with van der Waals surface area (Å²) in [7, 11) is 0. The largest absolute Gasteiger partial charge is 0.478 e. The second-order valence-electron chi connectivity index (χ2n) is 3.09. The predicted molar refractivity (Wildman–Crippen MR) is 57.5 cm³/mol. The maximum atomic E-state index is 13.5. The summed E-state index contributed by atoms with van der Waals surface area (Å²) in [5.41, 5.74) is -0.432. The Bertz CT molecular complexity index is 387. The number of halogens is 1. The molecular weight excluding hydrogens is 231 g/mol. The highest BCUT2D eigenvalue weighted by Crippen LogP contribution is 2.14. The van der Waals surface area contributed by atoms with Crippen molar-refractivity contribution in [2.45, 2.75) is 0 Å². The number of pyridine rings is 1. The molecule has 0 atom stereocenters. The number of hydrogen-bond acceptors (Lipinski definition) is 5. The summed E-state index contributed by atoms with van der Waals surface area (Å²) < 4.78 is 18.5. The standard InChI is InChI=1S/C10H13FN2O4/c11-8-7(10(15)16)1-2-12-9(8)13-3-5-17-6-4-14/h1-2,14H,3-6H2,(H,12,13)(H,15,16). The summed E-state index contributed by atoms with van der Waals surface area (Å²) in [6.07, 6.45) is 1.21. The van der Waals surface area contributed by atoms with E-state index in [1.54, 1.807) is 0 Å². The number of carboxylic acids is 1. The highest BCUT2D eigenvalue weighted by molar-refractivity contribution is 5.88. The molecule has 0 bridgehead atoms. The van der Waals surface area contributed by atoms with Gasteiger partial charge in [0.25, 0.3) is 0 Å². The second-order valence-corrected chi connectivity index (χ2v) is 3.09. The molecule has 7 heteroatoms. The number of aromatic nitrogens is 1. The molecule has 1 heterocycles. The first-order chi connectivity index (χ1) is 8.16. The number of carbonyl (C=O) groups is 1. The highest BCUT2D eigenvalue weighted by Gasteiger charge is 2.14. The number of aliphatic hydroxyl groups excluding tert-OH is 1. The van der Waals surface area contributed by atoms with Gasteiger partial charge < -0.3 is 20.3 Å². The monoisotopic (exact) mass is 244 g/mol. The van der Waals surface area contributed by atoms with Crippen molar-refractivity contribution in [3.63, 3.8) is 0 Å². The number of rotatable bonds is 7. The maximum Gasteiger partial charge on any atom is 0.338 e. The van der Waals surface area contributed by atoms with Crippen molar-refractivity contribution >= 4 is 11.8 Å².